The van der Waals surface area contributed by atoms with E-state index in [0.29, 0.717) is 6.61 Å². The van der Waals surface area contributed by atoms with Crippen molar-refractivity contribution in [2.45, 2.75) is 20.5 Å². The molecule has 0 radical (unpaired) electrons. The SMILES string of the molecule is CC(=O)OCc1cnc(C)s1. The Morgan fingerprint density at radius 1 is 1.82 bits per heavy atom. The average Bonchev–Trinajstić information content (AvgIpc) is 2.31. The zero-order valence-corrected chi connectivity index (χ0v) is 7.27. The van der Waals surface area contributed by atoms with Crippen molar-refractivity contribution in [3.8, 4) is 0 Å². The molecule has 0 amide bonds. The lowest BCUT2D eigenvalue weighted by Gasteiger charge is -1.95. The molecule has 0 bridgehead atoms. The number of ether oxygens (including phenoxy) is 1. The quantitative estimate of drug-likeness (QED) is 0.633. The number of rotatable bonds is 2. The largest absolute Gasteiger partial charge is 0.460 e. The van der Waals surface area contributed by atoms with Crippen LogP contribution in [0.1, 0.15) is 16.8 Å². The van der Waals surface area contributed by atoms with Gasteiger partial charge < -0.3 is 4.74 Å². The molecule has 3 nitrogen and oxygen atoms in total. The van der Waals surface area contributed by atoms with E-state index < -0.39 is 0 Å². The van der Waals surface area contributed by atoms with E-state index in [1.54, 1.807) is 17.5 Å². The number of carbonyl (C=O) groups is 1. The number of nitrogens with zero attached hydrogens (tertiary/aromatic N) is 1. The van der Waals surface area contributed by atoms with Gasteiger partial charge in [-0.05, 0) is 6.92 Å². The van der Waals surface area contributed by atoms with Crippen molar-refractivity contribution in [1.29, 1.82) is 0 Å². The predicted molar refractivity (Wildman–Crippen MR) is 42.3 cm³/mol. The molecule has 1 heterocycles. The van der Waals surface area contributed by atoms with E-state index in [1.807, 2.05) is 6.92 Å². The van der Waals surface area contributed by atoms with E-state index >= 15 is 0 Å². The lowest BCUT2D eigenvalue weighted by molar-refractivity contribution is -0.142. The Hall–Kier alpha value is -0.900. The van der Waals surface area contributed by atoms with Crippen LogP contribution in [0.5, 0.6) is 0 Å². The van der Waals surface area contributed by atoms with Gasteiger partial charge in [-0.3, -0.25) is 4.79 Å². The van der Waals surface area contributed by atoms with Gasteiger partial charge in [-0.15, -0.1) is 11.3 Å². The number of carbonyl (C=O) groups excluding carboxylic acids is 1. The van der Waals surface area contributed by atoms with Gasteiger partial charge in [0.2, 0.25) is 0 Å². The number of hydrogen-bond acceptors (Lipinski definition) is 4. The van der Waals surface area contributed by atoms with Crippen LogP contribution in [0.25, 0.3) is 0 Å². The molecule has 1 aromatic rings. The number of thiazole rings is 1. The van der Waals surface area contributed by atoms with E-state index in [0.717, 1.165) is 9.88 Å². The molecule has 0 aromatic carbocycles. The van der Waals surface area contributed by atoms with Crippen molar-refractivity contribution in [3.05, 3.63) is 16.1 Å². The third-order valence-electron chi connectivity index (χ3n) is 1.09. The first kappa shape index (κ1) is 8.20. The van der Waals surface area contributed by atoms with Crippen molar-refractivity contribution in [3.63, 3.8) is 0 Å². The number of aryl methyl sites for hydroxylation is 1. The third-order valence-corrected chi connectivity index (χ3v) is 1.97. The maximum Gasteiger partial charge on any atom is 0.302 e. The summed E-state index contributed by atoms with van der Waals surface area (Å²) in [5.41, 5.74) is 0. The molecule has 0 aliphatic carbocycles. The Morgan fingerprint density at radius 2 is 2.55 bits per heavy atom. The van der Waals surface area contributed by atoms with Gasteiger partial charge in [-0.2, -0.15) is 0 Å². The van der Waals surface area contributed by atoms with E-state index in [2.05, 4.69) is 4.98 Å². The first-order chi connectivity index (χ1) is 5.18. The van der Waals surface area contributed by atoms with Gasteiger partial charge in [0.25, 0.3) is 0 Å². The van der Waals surface area contributed by atoms with Crippen LogP contribution in [0.15, 0.2) is 6.20 Å². The van der Waals surface area contributed by atoms with Crippen LogP contribution in [0.3, 0.4) is 0 Å². The first-order valence-electron chi connectivity index (χ1n) is 3.23. The first-order valence-corrected chi connectivity index (χ1v) is 4.05. The van der Waals surface area contributed by atoms with Crippen molar-refractivity contribution >= 4 is 17.3 Å². The van der Waals surface area contributed by atoms with Crippen LogP contribution in [0.2, 0.25) is 0 Å². The second-order valence-electron chi connectivity index (χ2n) is 2.13. The predicted octanol–water partition coefficient (Wildman–Crippen LogP) is 1.51. The van der Waals surface area contributed by atoms with Gasteiger partial charge in [0.1, 0.15) is 6.61 Å². The highest BCUT2D eigenvalue weighted by Gasteiger charge is 1.99. The van der Waals surface area contributed by atoms with E-state index in [4.69, 9.17) is 4.74 Å². The highest BCUT2D eigenvalue weighted by molar-refractivity contribution is 7.11. The Bertz CT molecular complexity index is 257. The molecule has 1 rings (SSSR count). The van der Waals surface area contributed by atoms with Crippen molar-refractivity contribution in [2.75, 3.05) is 0 Å². The summed E-state index contributed by atoms with van der Waals surface area (Å²) in [6.45, 7) is 3.66. The van der Waals surface area contributed by atoms with Gasteiger partial charge in [0.05, 0.1) is 9.88 Å². The fourth-order valence-electron chi connectivity index (χ4n) is 0.645. The molecule has 0 N–H and O–H groups in total. The van der Waals surface area contributed by atoms with Gasteiger partial charge in [-0.25, -0.2) is 4.98 Å². The highest BCUT2D eigenvalue weighted by Crippen LogP contribution is 2.12. The zero-order valence-electron chi connectivity index (χ0n) is 6.46. The Kier molecular flexibility index (Phi) is 2.59. The molecule has 0 atom stereocenters. The molecule has 1 aromatic heterocycles. The van der Waals surface area contributed by atoms with Gasteiger partial charge in [0.15, 0.2) is 0 Å². The fraction of sp³-hybridized carbons (Fsp3) is 0.429. The molecule has 0 aliphatic heterocycles. The minimum Gasteiger partial charge on any atom is -0.460 e. The third kappa shape index (κ3) is 2.67. The lowest BCUT2D eigenvalue weighted by Crippen LogP contribution is -1.96. The molecule has 0 saturated carbocycles. The summed E-state index contributed by atoms with van der Waals surface area (Å²) in [4.78, 5) is 15.4. The van der Waals surface area contributed by atoms with Crippen LogP contribution in [0, 0.1) is 6.92 Å². The Labute approximate surface area is 69.0 Å². The number of hydrogen-bond donors (Lipinski definition) is 0. The molecule has 4 heteroatoms. The Balaban J connectivity index is 2.45. The number of aromatic nitrogens is 1. The van der Waals surface area contributed by atoms with Crippen LogP contribution in [0.4, 0.5) is 0 Å². The van der Waals surface area contributed by atoms with Gasteiger partial charge in [-0.1, -0.05) is 0 Å². The second kappa shape index (κ2) is 3.48. The molecule has 11 heavy (non-hydrogen) atoms. The van der Waals surface area contributed by atoms with Gasteiger partial charge in [0, 0.05) is 13.1 Å². The lowest BCUT2D eigenvalue weighted by atomic mass is 10.6. The smallest absolute Gasteiger partial charge is 0.302 e. The van der Waals surface area contributed by atoms with Crippen LogP contribution in [-0.4, -0.2) is 11.0 Å². The minimum absolute atomic E-state index is 0.254. The molecule has 0 unspecified atom stereocenters. The van der Waals surface area contributed by atoms with E-state index in [-0.39, 0.29) is 5.97 Å². The molecular weight excluding hydrogens is 162 g/mol. The minimum atomic E-state index is -0.254. The molecule has 0 saturated heterocycles. The fourth-order valence-corrected chi connectivity index (χ4v) is 1.35. The van der Waals surface area contributed by atoms with Crippen molar-refractivity contribution in [1.82, 2.24) is 4.98 Å². The summed E-state index contributed by atoms with van der Waals surface area (Å²) in [7, 11) is 0. The normalized spacial score (nSPS) is 9.64. The highest BCUT2D eigenvalue weighted by atomic mass is 32.1. The maximum absolute atomic E-state index is 10.4. The average molecular weight is 171 g/mol. The summed E-state index contributed by atoms with van der Waals surface area (Å²) >= 11 is 1.54. The van der Waals surface area contributed by atoms with Gasteiger partial charge >= 0.3 is 5.97 Å². The monoisotopic (exact) mass is 171 g/mol. The summed E-state index contributed by atoms with van der Waals surface area (Å²) in [5.74, 6) is -0.254. The zero-order chi connectivity index (χ0) is 8.27. The van der Waals surface area contributed by atoms with E-state index in [1.165, 1.54) is 6.92 Å². The summed E-state index contributed by atoms with van der Waals surface area (Å²) in [6, 6.07) is 0. The van der Waals surface area contributed by atoms with Crippen molar-refractivity contribution in [2.24, 2.45) is 0 Å². The summed E-state index contributed by atoms with van der Waals surface area (Å²) in [6.07, 6.45) is 1.73. The molecule has 0 fully saturated rings. The van der Waals surface area contributed by atoms with Crippen molar-refractivity contribution < 1.29 is 9.53 Å². The van der Waals surface area contributed by atoms with Crippen LogP contribution >= 0.6 is 11.3 Å². The standard InChI is InChI=1S/C7H9NO2S/c1-5-8-3-7(11-5)4-10-6(2)9/h3H,4H2,1-2H3. The Morgan fingerprint density at radius 3 is 3.00 bits per heavy atom. The topological polar surface area (TPSA) is 39.2 Å². The molecular formula is C7H9NO2S. The second-order valence-corrected chi connectivity index (χ2v) is 3.45. The summed E-state index contributed by atoms with van der Waals surface area (Å²) in [5, 5.41) is 0.993. The van der Waals surface area contributed by atoms with Crippen LogP contribution in [-0.2, 0) is 16.1 Å². The number of esters is 1. The maximum atomic E-state index is 10.4. The van der Waals surface area contributed by atoms with E-state index in [9.17, 15) is 4.79 Å². The van der Waals surface area contributed by atoms with Crippen LogP contribution < -0.4 is 0 Å². The summed E-state index contributed by atoms with van der Waals surface area (Å²) < 4.78 is 4.77. The molecule has 60 valence electrons. The molecule has 0 spiro atoms. The molecule has 0 aliphatic rings.